The first-order chi connectivity index (χ1) is 7.20. The molecule has 0 aromatic carbocycles. The zero-order valence-corrected chi connectivity index (χ0v) is 9.87. The number of nitrogens with two attached hydrogens (primary N) is 1. The van der Waals surface area contributed by atoms with Crippen molar-refractivity contribution in [2.24, 2.45) is 5.73 Å². The molecule has 1 fully saturated rings. The molecule has 0 aliphatic carbocycles. The van der Waals surface area contributed by atoms with Crippen LogP contribution in [0.2, 0.25) is 0 Å². The number of nitrogens with zero attached hydrogens (tertiary/aromatic N) is 1. The summed E-state index contributed by atoms with van der Waals surface area (Å²) >= 11 is 0. The highest BCUT2D eigenvalue weighted by Crippen LogP contribution is 2.12. The number of carbonyl (C=O) groups is 1. The Morgan fingerprint density at radius 3 is 2.87 bits per heavy atom. The van der Waals surface area contributed by atoms with Crippen molar-refractivity contribution < 1.29 is 4.79 Å². The molecule has 0 aromatic rings. The van der Waals surface area contributed by atoms with Crippen molar-refractivity contribution in [1.29, 1.82) is 0 Å². The number of likely N-dealkylation sites (tertiary alicyclic amines) is 1. The van der Waals surface area contributed by atoms with Crippen LogP contribution in [0.4, 0.5) is 0 Å². The molecule has 88 valence electrons. The van der Waals surface area contributed by atoms with Crippen LogP contribution in [-0.4, -0.2) is 29.9 Å². The van der Waals surface area contributed by atoms with Crippen LogP contribution in [-0.2, 0) is 4.79 Å². The summed E-state index contributed by atoms with van der Waals surface area (Å²) in [4.78, 5) is 13.7. The zero-order valence-electron chi connectivity index (χ0n) is 9.87. The lowest BCUT2D eigenvalue weighted by molar-refractivity contribution is -0.130. The van der Waals surface area contributed by atoms with Gasteiger partial charge < -0.3 is 10.6 Å². The van der Waals surface area contributed by atoms with Gasteiger partial charge in [0.05, 0.1) is 0 Å². The van der Waals surface area contributed by atoms with Crippen LogP contribution in [0.5, 0.6) is 0 Å². The van der Waals surface area contributed by atoms with E-state index in [9.17, 15) is 4.79 Å². The van der Waals surface area contributed by atoms with Crippen molar-refractivity contribution in [2.45, 2.75) is 57.9 Å². The summed E-state index contributed by atoms with van der Waals surface area (Å²) in [5.74, 6) is 0.355. The van der Waals surface area contributed by atoms with Gasteiger partial charge in [-0.1, -0.05) is 12.8 Å². The Labute approximate surface area is 93.0 Å². The highest BCUT2D eigenvalue weighted by molar-refractivity contribution is 5.76. The number of carbonyl (C=O) groups excluding carboxylic acids is 1. The van der Waals surface area contributed by atoms with Gasteiger partial charge in [0.25, 0.3) is 0 Å². The quantitative estimate of drug-likeness (QED) is 0.708. The second kappa shape index (κ2) is 6.83. The number of hydrogen-bond donors (Lipinski definition) is 1. The van der Waals surface area contributed by atoms with Gasteiger partial charge in [0.15, 0.2) is 0 Å². The van der Waals surface area contributed by atoms with Gasteiger partial charge in [-0.2, -0.15) is 0 Å². The first-order valence-electron chi connectivity index (χ1n) is 6.23. The normalized spacial score (nSPS) is 20.1. The summed E-state index contributed by atoms with van der Waals surface area (Å²) in [5, 5.41) is 0. The molecule has 1 atom stereocenters. The fourth-order valence-electron chi connectivity index (χ4n) is 2.04. The molecule has 0 bridgehead atoms. The fourth-order valence-corrected chi connectivity index (χ4v) is 2.04. The Kier molecular flexibility index (Phi) is 5.69. The van der Waals surface area contributed by atoms with Gasteiger partial charge in [0, 0.05) is 25.6 Å². The van der Waals surface area contributed by atoms with E-state index in [1.807, 2.05) is 11.8 Å². The Morgan fingerprint density at radius 2 is 2.13 bits per heavy atom. The van der Waals surface area contributed by atoms with Crippen LogP contribution < -0.4 is 5.73 Å². The lowest BCUT2D eigenvalue weighted by Gasteiger charge is -2.20. The molecule has 1 aliphatic heterocycles. The third kappa shape index (κ3) is 5.17. The molecular weight excluding hydrogens is 188 g/mol. The molecule has 1 amide bonds. The van der Waals surface area contributed by atoms with Crippen molar-refractivity contribution in [2.75, 3.05) is 13.1 Å². The van der Waals surface area contributed by atoms with Crippen LogP contribution >= 0.6 is 0 Å². The molecule has 1 aliphatic rings. The predicted molar refractivity (Wildman–Crippen MR) is 62.5 cm³/mol. The molecule has 1 rings (SSSR count). The van der Waals surface area contributed by atoms with Crippen molar-refractivity contribution >= 4 is 5.91 Å². The van der Waals surface area contributed by atoms with Gasteiger partial charge in [-0.15, -0.1) is 0 Å². The summed E-state index contributed by atoms with van der Waals surface area (Å²) in [6, 6.07) is 0.296. The number of amides is 1. The zero-order chi connectivity index (χ0) is 11.1. The summed E-state index contributed by atoms with van der Waals surface area (Å²) in [6.45, 7) is 3.94. The summed E-state index contributed by atoms with van der Waals surface area (Å²) in [7, 11) is 0. The van der Waals surface area contributed by atoms with E-state index in [1.54, 1.807) is 0 Å². The van der Waals surface area contributed by atoms with Gasteiger partial charge in [-0.05, 0) is 32.6 Å². The predicted octanol–water partition coefficient (Wildman–Crippen LogP) is 1.91. The Balaban J connectivity index is 2.15. The maximum absolute atomic E-state index is 11.6. The number of hydrogen-bond acceptors (Lipinski definition) is 2. The summed E-state index contributed by atoms with van der Waals surface area (Å²) in [5.41, 5.74) is 5.68. The van der Waals surface area contributed by atoms with E-state index in [1.165, 1.54) is 12.8 Å². The van der Waals surface area contributed by atoms with E-state index >= 15 is 0 Å². The maximum Gasteiger partial charge on any atom is 0.222 e. The second-order valence-electron chi connectivity index (χ2n) is 4.66. The first-order valence-corrected chi connectivity index (χ1v) is 6.23. The minimum atomic E-state index is 0.296. The van der Waals surface area contributed by atoms with Crippen LogP contribution in [0.25, 0.3) is 0 Å². The molecule has 0 spiro atoms. The summed E-state index contributed by atoms with van der Waals surface area (Å²) < 4.78 is 0. The van der Waals surface area contributed by atoms with Crippen LogP contribution in [0.3, 0.4) is 0 Å². The lowest BCUT2D eigenvalue weighted by atomic mass is 10.1. The standard InChI is InChI=1S/C12H24N2O/c1-11(13)7-4-6-10-14-9-5-2-3-8-12(14)15/h11H,2-10,13H2,1H3. The molecule has 0 aromatic heterocycles. The van der Waals surface area contributed by atoms with E-state index in [4.69, 9.17) is 5.73 Å². The van der Waals surface area contributed by atoms with E-state index < -0.39 is 0 Å². The SMILES string of the molecule is CC(N)CCCCN1CCCCCC1=O. The monoisotopic (exact) mass is 212 g/mol. The minimum Gasteiger partial charge on any atom is -0.343 e. The number of rotatable bonds is 5. The Morgan fingerprint density at radius 1 is 1.33 bits per heavy atom. The maximum atomic E-state index is 11.6. The first kappa shape index (κ1) is 12.5. The van der Waals surface area contributed by atoms with Crippen LogP contribution in [0, 0.1) is 0 Å². The topological polar surface area (TPSA) is 46.3 Å². The molecule has 15 heavy (non-hydrogen) atoms. The molecule has 3 heteroatoms. The third-order valence-electron chi connectivity index (χ3n) is 3.01. The molecule has 1 heterocycles. The van der Waals surface area contributed by atoms with Gasteiger partial charge >= 0.3 is 0 Å². The Bertz CT molecular complexity index is 192. The van der Waals surface area contributed by atoms with E-state index in [-0.39, 0.29) is 0 Å². The van der Waals surface area contributed by atoms with Crippen LogP contribution in [0.1, 0.15) is 51.9 Å². The highest BCUT2D eigenvalue weighted by atomic mass is 16.2. The van der Waals surface area contributed by atoms with Gasteiger partial charge in [0.2, 0.25) is 5.91 Å². The minimum absolute atomic E-state index is 0.296. The molecule has 0 radical (unpaired) electrons. The average Bonchev–Trinajstić information content (AvgIpc) is 2.38. The molecule has 2 N–H and O–H groups in total. The van der Waals surface area contributed by atoms with E-state index in [2.05, 4.69) is 0 Å². The smallest absolute Gasteiger partial charge is 0.222 e. The molecule has 1 saturated heterocycles. The van der Waals surface area contributed by atoms with Crippen LogP contribution in [0.15, 0.2) is 0 Å². The molecule has 0 saturated carbocycles. The van der Waals surface area contributed by atoms with Crippen molar-refractivity contribution in [3.63, 3.8) is 0 Å². The highest BCUT2D eigenvalue weighted by Gasteiger charge is 2.15. The van der Waals surface area contributed by atoms with E-state index in [0.29, 0.717) is 11.9 Å². The lowest BCUT2D eigenvalue weighted by Crippen LogP contribution is -2.31. The van der Waals surface area contributed by atoms with Gasteiger partial charge in [-0.3, -0.25) is 4.79 Å². The molecular formula is C12H24N2O. The molecule has 3 nitrogen and oxygen atoms in total. The second-order valence-corrected chi connectivity index (χ2v) is 4.66. The third-order valence-corrected chi connectivity index (χ3v) is 3.01. The fraction of sp³-hybridized carbons (Fsp3) is 0.917. The summed E-state index contributed by atoms with van der Waals surface area (Å²) in [6.07, 6.45) is 7.54. The van der Waals surface area contributed by atoms with Crippen molar-refractivity contribution in [3.8, 4) is 0 Å². The number of unbranched alkanes of at least 4 members (excludes halogenated alkanes) is 1. The van der Waals surface area contributed by atoms with Gasteiger partial charge in [-0.25, -0.2) is 0 Å². The average molecular weight is 212 g/mol. The van der Waals surface area contributed by atoms with E-state index in [0.717, 1.165) is 45.2 Å². The molecule has 1 unspecified atom stereocenters. The van der Waals surface area contributed by atoms with Crippen molar-refractivity contribution in [1.82, 2.24) is 4.90 Å². The van der Waals surface area contributed by atoms with Crippen molar-refractivity contribution in [3.05, 3.63) is 0 Å². The Hall–Kier alpha value is -0.570. The largest absolute Gasteiger partial charge is 0.343 e. The van der Waals surface area contributed by atoms with Gasteiger partial charge in [0.1, 0.15) is 0 Å².